The predicted octanol–water partition coefficient (Wildman–Crippen LogP) is 5.34. The highest BCUT2D eigenvalue weighted by Gasteiger charge is 2.39. The van der Waals surface area contributed by atoms with Crippen molar-refractivity contribution in [1.82, 2.24) is 0 Å². The minimum atomic E-state index is 0.0799. The molecule has 0 aliphatic heterocycles. The van der Waals surface area contributed by atoms with E-state index in [-0.39, 0.29) is 5.41 Å². The summed E-state index contributed by atoms with van der Waals surface area (Å²) in [6, 6.07) is 17.2. The zero-order chi connectivity index (χ0) is 16.1. The van der Waals surface area contributed by atoms with Crippen LogP contribution in [0, 0.1) is 0 Å². The van der Waals surface area contributed by atoms with Crippen molar-refractivity contribution < 1.29 is 9.47 Å². The SMILES string of the molecule is CCOc1ccc(C2(c3ccccc3OCC)CCCC2)cc1. The Kier molecular flexibility index (Phi) is 4.90. The van der Waals surface area contributed by atoms with Crippen LogP contribution >= 0.6 is 0 Å². The molecule has 0 atom stereocenters. The van der Waals surface area contributed by atoms with Gasteiger partial charge in [-0.25, -0.2) is 0 Å². The van der Waals surface area contributed by atoms with Gasteiger partial charge in [0.2, 0.25) is 0 Å². The van der Waals surface area contributed by atoms with Gasteiger partial charge in [0.25, 0.3) is 0 Å². The van der Waals surface area contributed by atoms with Crippen LogP contribution in [0.5, 0.6) is 11.5 Å². The standard InChI is InChI=1S/C21H26O2/c1-3-22-18-13-11-17(12-14-18)21(15-7-8-16-21)19-9-5-6-10-20(19)23-4-2/h5-6,9-14H,3-4,7-8,15-16H2,1-2H3. The van der Waals surface area contributed by atoms with Crippen LogP contribution in [0.25, 0.3) is 0 Å². The van der Waals surface area contributed by atoms with Crippen LogP contribution in [-0.4, -0.2) is 13.2 Å². The summed E-state index contributed by atoms with van der Waals surface area (Å²) < 4.78 is 11.5. The van der Waals surface area contributed by atoms with E-state index in [9.17, 15) is 0 Å². The molecule has 2 nitrogen and oxygen atoms in total. The molecule has 1 saturated carbocycles. The minimum absolute atomic E-state index is 0.0799. The minimum Gasteiger partial charge on any atom is -0.494 e. The van der Waals surface area contributed by atoms with Gasteiger partial charge in [-0.15, -0.1) is 0 Å². The van der Waals surface area contributed by atoms with Gasteiger partial charge in [0.1, 0.15) is 11.5 Å². The van der Waals surface area contributed by atoms with Crippen molar-refractivity contribution in [2.45, 2.75) is 44.9 Å². The summed E-state index contributed by atoms with van der Waals surface area (Å²) in [6.45, 7) is 5.48. The molecule has 0 N–H and O–H groups in total. The summed E-state index contributed by atoms with van der Waals surface area (Å²) in [4.78, 5) is 0. The molecule has 2 aromatic rings. The Bertz CT molecular complexity index is 625. The highest BCUT2D eigenvalue weighted by molar-refractivity contribution is 5.49. The van der Waals surface area contributed by atoms with Crippen LogP contribution in [0.2, 0.25) is 0 Å². The van der Waals surface area contributed by atoms with Gasteiger partial charge in [-0.1, -0.05) is 43.2 Å². The molecular formula is C21H26O2. The summed E-state index contributed by atoms with van der Waals surface area (Å²) in [7, 11) is 0. The van der Waals surface area contributed by atoms with Crippen LogP contribution in [0.1, 0.15) is 50.7 Å². The van der Waals surface area contributed by atoms with Crippen LogP contribution in [-0.2, 0) is 5.41 Å². The molecule has 3 rings (SSSR count). The highest BCUT2D eigenvalue weighted by atomic mass is 16.5. The van der Waals surface area contributed by atoms with Crippen molar-refractivity contribution in [1.29, 1.82) is 0 Å². The fourth-order valence-electron chi connectivity index (χ4n) is 3.87. The van der Waals surface area contributed by atoms with Crippen molar-refractivity contribution in [2.75, 3.05) is 13.2 Å². The maximum Gasteiger partial charge on any atom is 0.123 e. The Morgan fingerprint density at radius 2 is 1.48 bits per heavy atom. The number of benzene rings is 2. The lowest BCUT2D eigenvalue weighted by Crippen LogP contribution is -2.24. The molecular weight excluding hydrogens is 284 g/mol. The van der Waals surface area contributed by atoms with Crippen molar-refractivity contribution in [3.8, 4) is 11.5 Å². The van der Waals surface area contributed by atoms with Gasteiger partial charge in [-0.05, 0) is 50.5 Å². The first-order chi connectivity index (χ1) is 11.3. The fourth-order valence-corrected chi connectivity index (χ4v) is 3.87. The summed E-state index contributed by atoms with van der Waals surface area (Å²) in [5, 5.41) is 0. The zero-order valence-corrected chi connectivity index (χ0v) is 14.2. The predicted molar refractivity (Wildman–Crippen MR) is 94.5 cm³/mol. The fraction of sp³-hybridized carbons (Fsp3) is 0.429. The molecule has 0 bridgehead atoms. The molecule has 122 valence electrons. The summed E-state index contributed by atoms with van der Waals surface area (Å²) >= 11 is 0. The third kappa shape index (κ3) is 3.08. The van der Waals surface area contributed by atoms with E-state index in [1.807, 2.05) is 6.92 Å². The third-order valence-electron chi connectivity index (χ3n) is 4.88. The van der Waals surface area contributed by atoms with E-state index in [1.165, 1.54) is 36.8 Å². The molecule has 0 heterocycles. The van der Waals surface area contributed by atoms with E-state index in [1.54, 1.807) is 0 Å². The maximum absolute atomic E-state index is 5.93. The summed E-state index contributed by atoms with van der Waals surface area (Å²) in [5.74, 6) is 1.98. The zero-order valence-electron chi connectivity index (χ0n) is 14.2. The van der Waals surface area contributed by atoms with E-state index in [0.717, 1.165) is 11.5 Å². The molecule has 0 saturated heterocycles. The molecule has 0 amide bonds. The van der Waals surface area contributed by atoms with Crippen LogP contribution < -0.4 is 9.47 Å². The first-order valence-corrected chi connectivity index (χ1v) is 8.76. The van der Waals surface area contributed by atoms with E-state index in [4.69, 9.17) is 9.47 Å². The van der Waals surface area contributed by atoms with Gasteiger partial charge in [0.05, 0.1) is 13.2 Å². The second-order valence-electron chi connectivity index (χ2n) is 6.18. The molecule has 2 aromatic carbocycles. The molecule has 0 unspecified atom stereocenters. The van der Waals surface area contributed by atoms with Crippen molar-refractivity contribution in [3.63, 3.8) is 0 Å². The molecule has 2 heteroatoms. The second-order valence-corrected chi connectivity index (χ2v) is 6.18. The Morgan fingerprint density at radius 3 is 2.13 bits per heavy atom. The number of para-hydroxylation sites is 1. The van der Waals surface area contributed by atoms with Gasteiger partial charge < -0.3 is 9.47 Å². The Balaban J connectivity index is 2.03. The normalized spacial score (nSPS) is 16.3. The highest BCUT2D eigenvalue weighted by Crippen LogP contribution is 2.49. The van der Waals surface area contributed by atoms with Gasteiger partial charge in [0.15, 0.2) is 0 Å². The summed E-state index contributed by atoms with van der Waals surface area (Å²) in [5.41, 5.74) is 2.80. The monoisotopic (exact) mass is 310 g/mol. The Morgan fingerprint density at radius 1 is 0.826 bits per heavy atom. The lowest BCUT2D eigenvalue weighted by Gasteiger charge is -2.32. The van der Waals surface area contributed by atoms with E-state index >= 15 is 0 Å². The average molecular weight is 310 g/mol. The maximum atomic E-state index is 5.93. The Hall–Kier alpha value is -1.96. The molecule has 0 radical (unpaired) electrons. The van der Waals surface area contributed by atoms with Crippen LogP contribution in [0.4, 0.5) is 0 Å². The molecule has 0 spiro atoms. The molecule has 1 aliphatic rings. The van der Waals surface area contributed by atoms with Gasteiger partial charge in [-0.2, -0.15) is 0 Å². The van der Waals surface area contributed by atoms with Gasteiger partial charge in [0, 0.05) is 11.0 Å². The largest absolute Gasteiger partial charge is 0.494 e. The summed E-state index contributed by atoms with van der Waals surface area (Å²) in [6.07, 6.45) is 4.91. The van der Waals surface area contributed by atoms with Gasteiger partial charge >= 0.3 is 0 Å². The van der Waals surface area contributed by atoms with E-state index in [2.05, 4.69) is 55.5 Å². The van der Waals surface area contributed by atoms with Crippen molar-refractivity contribution in [3.05, 3.63) is 59.7 Å². The molecule has 23 heavy (non-hydrogen) atoms. The van der Waals surface area contributed by atoms with Crippen molar-refractivity contribution in [2.24, 2.45) is 0 Å². The smallest absolute Gasteiger partial charge is 0.123 e. The average Bonchev–Trinajstić information content (AvgIpc) is 3.07. The second kappa shape index (κ2) is 7.08. The number of rotatable bonds is 6. The number of hydrogen-bond acceptors (Lipinski definition) is 2. The van der Waals surface area contributed by atoms with Gasteiger partial charge in [-0.3, -0.25) is 0 Å². The lowest BCUT2D eigenvalue weighted by molar-refractivity contribution is 0.328. The quantitative estimate of drug-likeness (QED) is 0.716. The number of hydrogen-bond donors (Lipinski definition) is 0. The van der Waals surface area contributed by atoms with Crippen molar-refractivity contribution >= 4 is 0 Å². The molecule has 1 aliphatic carbocycles. The molecule has 1 fully saturated rings. The third-order valence-corrected chi connectivity index (χ3v) is 4.88. The van der Waals surface area contributed by atoms with Crippen LogP contribution in [0.3, 0.4) is 0 Å². The van der Waals surface area contributed by atoms with E-state index in [0.29, 0.717) is 13.2 Å². The Labute approximate surface area is 139 Å². The lowest BCUT2D eigenvalue weighted by atomic mass is 9.73. The first-order valence-electron chi connectivity index (χ1n) is 8.76. The topological polar surface area (TPSA) is 18.5 Å². The van der Waals surface area contributed by atoms with E-state index < -0.39 is 0 Å². The first kappa shape index (κ1) is 15.9. The van der Waals surface area contributed by atoms with Crippen LogP contribution in [0.15, 0.2) is 48.5 Å². The molecule has 0 aromatic heterocycles. The number of ether oxygens (including phenoxy) is 2.